The zero-order valence-electron chi connectivity index (χ0n) is 12.0. The fourth-order valence-corrected chi connectivity index (χ4v) is 2.22. The van der Waals surface area contributed by atoms with Crippen LogP contribution in [0.5, 0.6) is 0 Å². The van der Waals surface area contributed by atoms with Gasteiger partial charge in [0, 0.05) is 6.42 Å². The molecule has 0 unspecified atom stereocenters. The van der Waals surface area contributed by atoms with Gasteiger partial charge in [-0.1, -0.05) is 32.6 Å². The molecule has 1 heterocycles. The molecule has 0 radical (unpaired) electrons. The number of esters is 1. The first-order valence-electron chi connectivity index (χ1n) is 7.38. The number of hydrogen-bond donors (Lipinski definition) is 3. The van der Waals surface area contributed by atoms with Crippen LogP contribution in [0.25, 0.3) is 0 Å². The van der Waals surface area contributed by atoms with Gasteiger partial charge in [-0.2, -0.15) is 0 Å². The van der Waals surface area contributed by atoms with Crippen molar-refractivity contribution in [1.29, 1.82) is 0 Å². The average Bonchev–Trinajstić information content (AvgIpc) is 2.44. The third-order valence-corrected chi connectivity index (χ3v) is 3.53. The molecular weight excluding hydrogens is 264 g/mol. The molecule has 118 valence electrons. The number of aliphatic hydroxyl groups is 3. The van der Waals surface area contributed by atoms with Crippen LogP contribution in [-0.4, -0.2) is 58.9 Å². The molecule has 0 saturated carbocycles. The molecule has 20 heavy (non-hydrogen) atoms. The monoisotopic (exact) mass is 290 g/mol. The third-order valence-electron chi connectivity index (χ3n) is 3.53. The summed E-state index contributed by atoms with van der Waals surface area (Å²) in [6, 6.07) is 0. The maximum atomic E-state index is 11.6. The van der Waals surface area contributed by atoms with E-state index in [0.29, 0.717) is 6.42 Å². The molecule has 6 nitrogen and oxygen atoms in total. The standard InChI is InChI=1S/C14H26O6/c1-2-3-4-5-6-7-12(16)20-11-9-19-10(8-15)13(17)14(11)18/h10-11,13-15,17-18H,2-9H2,1H3/t10-,11-,13-,14-/m1/s1. The summed E-state index contributed by atoms with van der Waals surface area (Å²) < 4.78 is 10.3. The van der Waals surface area contributed by atoms with Gasteiger partial charge in [0.1, 0.15) is 18.3 Å². The van der Waals surface area contributed by atoms with Crippen LogP contribution < -0.4 is 0 Å². The van der Waals surface area contributed by atoms with E-state index in [4.69, 9.17) is 14.6 Å². The molecule has 3 N–H and O–H groups in total. The molecule has 1 fully saturated rings. The van der Waals surface area contributed by atoms with E-state index < -0.39 is 24.4 Å². The Bertz CT molecular complexity index is 283. The lowest BCUT2D eigenvalue weighted by atomic mass is 10.0. The molecule has 0 amide bonds. The van der Waals surface area contributed by atoms with E-state index >= 15 is 0 Å². The van der Waals surface area contributed by atoms with E-state index in [1.807, 2.05) is 0 Å². The van der Waals surface area contributed by atoms with Crippen LogP contribution in [0.1, 0.15) is 45.4 Å². The fourth-order valence-electron chi connectivity index (χ4n) is 2.22. The first-order valence-corrected chi connectivity index (χ1v) is 7.38. The molecule has 0 aliphatic carbocycles. The Balaban J connectivity index is 2.24. The normalized spacial score (nSPS) is 30.2. The fraction of sp³-hybridized carbons (Fsp3) is 0.929. The molecule has 0 aromatic rings. The summed E-state index contributed by atoms with van der Waals surface area (Å²) in [5, 5.41) is 28.4. The Kier molecular flexibility index (Phi) is 8.06. The minimum absolute atomic E-state index is 0.00890. The smallest absolute Gasteiger partial charge is 0.306 e. The van der Waals surface area contributed by atoms with Gasteiger partial charge in [0.2, 0.25) is 0 Å². The number of unbranched alkanes of at least 4 members (excludes halogenated alkanes) is 4. The SMILES string of the molecule is CCCCCCCC(=O)O[C@@H]1CO[C@H](CO)[C@@H](O)[C@@H]1O. The largest absolute Gasteiger partial charge is 0.457 e. The van der Waals surface area contributed by atoms with Crippen molar-refractivity contribution in [2.75, 3.05) is 13.2 Å². The van der Waals surface area contributed by atoms with Crippen LogP contribution in [0.4, 0.5) is 0 Å². The van der Waals surface area contributed by atoms with Crippen molar-refractivity contribution in [2.45, 2.75) is 69.9 Å². The van der Waals surface area contributed by atoms with Gasteiger partial charge in [0.05, 0.1) is 13.2 Å². The van der Waals surface area contributed by atoms with Gasteiger partial charge < -0.3 is 24.8 Å². The Morgan fingerprint density at radius 2 is 1.90 bits per heavy atom. The molecule has 1 aliphatic heterocycles. The van der Waals surface area contributed by atoms with E-state index in [9.17, 15) is 15.0 Å². The Morgan fingerprint density at radius 3 is 2.55 bits per heavy atom. The van der Waals surface area contributed by atoms with Crippen molar-refractivity contribution < 1.29 is 29.6 Å². The second-order valence-corrected chi connectivity index (χ2v) is 5.23. The second-order valence-electron chi connectivity index (χ2n) is 5.23. The van der Waals surface area contributed by atoms with E-state index in [2.05, 4.69) is 6.92 Å². The number of ether oxygens (including phenoxy) is 2. The molecular formula is C14H26O6. The highest BCUT2D eigenvalue weighted by Gasteiger charge is 2.40. The van der Waals surface area contributed by atoms with Gasteiger partial charge in [-0.15, -0.1) is 0 Å². The highest BCUT2D eigenvalue weighted by atomic mass is 16.6. The van der Waals surface area contributed by atoms with Gasteiger partial charge in [0.25, 0.3) is 0 Å². The minimum atomic E-state index is -1.24. The van der Waals surface area contributed by atoms with Crippen molar-refractivity contribution >= 4 is 5.97 Å². The van der Waals surface area contributed by atoms with Crippen LogP contribution in [-0.2, 0) is 14.3 Å². The lowest BCUT2D eigenvalue weighted by Gasteiger charge is -2.36. The molecule has 1 aliphatic rings. The van der Waals surface area contributed by atoms with Crippen LogP contribution in [0.3, 0.4) is 0 Å². The van der Waals surface area contributed by atoms with E-state index in [1.165, 1.54) is 6.42 Å². The van der Waals surface area contributed by atoms with Gasteiger partial charge in [-0.05, 0) is 6.42 Å². The quantitative estimate of drug-likeness (QED) is 0.441. The van der Waals surface area contributed by atoms with Gasteiger partial charge in [0.15, 0.2) is 6.10 Å². The summed E-state index contributed by atoms with van der Waals surface area (Å²) >= 11 is 0. The Hall–Kier alpha value is -0.690. The minimum Gasteiger partial charge on any atom is -0.457 e. The predicted octanol–water partition coefficient (Wildman–Crippen LogP) is 0.372. The lowest BCUT2D eigenvalue weighted by Crippen LogP contribution is -2.55. The summed E-state index contributed by atoms with van der Waals surface area (Å²) in [6.45, 7) is 1.74. The Labute approximate surface area is 119 Å². The summed E-state index contributed by atoms with van der Waals surface area (Å²) in [5.41, 5.74) is 0. The number of hydrogen-bond acceptors (Lipinski definition) is 6. The van der Waals surface area contributed by atoms with Crippen LogP contribution >= 0.6 is 0 Å². The number of aliphatic hydroxyl groups excluding tert-OH is 3. The average molecular weight is 290 g/mol. The number of carbonyl (C=O) groups is 1. The molecule has 0 bridgehead atoms. The maximum Gasteiger partial charge on any atom is 0.306 e. The molecule has 0 aromatic heterocycles. The Morgan fingerprint density at radius 1 is 1.20 bits per heavy atom. The second kappa shape index (κ2) is 9.28. The van der Waals surface area contributed by atoms with E-state index in [0.717, 1.165) is 25.7 Å². The van der Waals surface area contributed by atoms with Crippen molar-refractivity contribution in [3.8, 4) is 0 Å². The van der Waals surface area contributed by atoms with Crippen LogP contribution in [0.2, 0.25) is 0 Å². The lowest BCUT2D eigenvalue weighted by molar-refractivity contribution is -0.210. The molecule has 1 rings (SSSR count). The zero-order chi connectivity index (χ0) is 15.0. The molecule has 0 spiro atoms. The third kappa shape index (κ3) is 5.36. The molecule has 0 aromatic carbocycles. The summed E-state index contributed by atoms with van der Waals surface area (Å²) in [5.74, 6) is -0.385. The summed E-state index contributed by atoms with van der Waals surface area (Å²) in [7, 11) is 0. The van der Waals surface area contributed by atoms with Crippen molar-refractivity contribution in [1.82, 2.24) is 0 Å². The maximum absolute atomic E-state index is 11.6. The first kappa shape index (κ1) is 17.4. The van der Waals surface area contributed by atoms with Gasteiger partial charge in [-0.25, -0.2) is 0 Å². The zero-order valence-corrected chi connectivity index (χ0v) is 12.0. The molecule has 1 saturated heterocycles. The topological polar surface area (TPSA) is 96.2 Å². The van der Waals surface area contributed by atoms with E-state index in [-0.39, 0.29) is 19.2 Å². The van der Waals surface area contributed by atoms with Crippen LogP contribution in [0, 0.1) is 0 Å². The van der Waals surface area contributed by atoms with Crippen molar-refractivity contribution in [3.05, 3.63) is 0 Å². The van der Waals surface area contributed by atoms with Crippen molar-refractivity contribution in [3.63, 3.8) is 0 Å². The highest BCUT2D eigenvalue weighted by Crippen LogP contribution is 2.18. The number of rotatable bonds is 8. The van der Waals surface area contributed by atoms with Crippen molar-refractivity contribution in [2.24, 2.45) is 0 Å². The predicted molar refractivity (Wildman–Crippen MR) is 72.1 cm³/mol. The van der Waals surface area contributed by atoms with E-state index in [1.54, 1.807) is 0 Å². The first-order chi connectivity index (χ1) is 9.60. The summed E-state index contributed by atoms with van der Waals surface area (Å²) in [4.78, 5) is 11.6. The van der Waals surface area contributed by atoms with Gasteiger partial charge in [-0.3, -0.25) is 4.79 Å². The molecule has 6 heteroatoms. The van der Waals surface area contributed by atoms with Gasteiger partial charge >= 0.3 is 5.97 Å². The molecule has 4 atom stereocenters. The summed E-state index contributed by atoms with van der Waals surface area (Å²) in [6.07, 6.45) is 1.35. The van der Waals surface area contributed by atoms with Crippen LogP contribution in [0.15, 0.2) is 0 Å². The number of carbonyl (C=O) groups excluding carboxylic acids is 1. The highest BCUT2D eigenvalue weighted by molar-refractivity contribution is 5.69.